The molecule has 142 valence electrons. The molecule has 1 saturated heterocycles. The quantitative estimate of drug-likeness (QED) is 0.347. The van der Waals surface area contributed by atoms with Gasteiger partial charge in [-0.1, -0.05) is 6.58 Å². The summed E-state index contributed by atoms with van der Waals surface area (Å²) >= 11 is 0. The van der Waals surface area contributed by atoms with Gasteiger partial charge in [0.05, 0.1) is 6.61 Å². The fourth-order valence-electron chi connectivity index (χ4n) is 2.28. The van der Waals surface area contributed by atoms with Crippen LogP contribution in [0.15, 0.2) is 12.3 Å². The molecule has 1 fully saturated rings. The summed E-state index contributed by atoms with van der Waals surface area (Å²) in [5.41, 5.74) is 0. The summed E-state index contributed by atoms with van der Waals surface area (Å²) in [6, 6.07) is 0. The Balaban J connectivity index is 2.87. The lowest BCUT2D eigenvalue weighted by atomic mass is 9.98. The minimum atomic E-state index is -0.583. The SMILES string of the molecule is C=C1OC(COCOC)[C@@H](OCOC)[C@@H](OCOC)C1OCOC. The van der Waals surface area contributed by atoms with Crippen LogP contribution in [0.1, 0.15) is 0 Å². The predicted octanol–water partition coefficient (Wildman–Crippen LogP) is 0.487. The molecule has 0 aliphatic carbocycles. The van der Waals surface area contributed by atoms with E-state index in [1.165, 1.54) is 21.3 Å². The van der Waals surface area contributed by atoms with Crippen LogP contribution in [0, 0.1) is 0 Å². The Kier molecular flexibility index (Phi) is 11.1. The van der Waals surface area contributed by atoms with Crippen LogP contribution in [0.5, 0.6) is 0 Å². The molecule has 1 rings (SSSR count). The molecule has 0 aromatic heterocycles. The van der Waals surface area contributed by atoms with E-state index in [2.05, 4.69) is 6.58 Å². The van der Waals surface area contributed by atoms with Gasteiger partial charge in [0.25, 0.3) is 0 Å². The van der Waals surface area contributed by atoms with E-state index in [1.807, 2.05) is 0 Å². The van der Waals surface area contributed by atoms with E-state index in [0.717, 1.165) is 0 Å². The third-order valence-corrected chi connectivity index (χ3v) is 3.21. The van der Waals surface area contributed by atoms with E-state index < -0.39 is 24.4 Å². The van der Waals surface area contributed by atoms with Gasteiger partial charge in [-0.25, -0.2) is 0 Å². The molecule has 0 saturated carbocycles. The number of hydrogen-bond acceptors (Lipinski definition) is 9. The normalized spacial score (nSPS) is 27.2. The van der Waals surface area contributed by atoms with Gasteiger partial charge in [-0.3, -0.25) is 0 Å². The third-order valence-electron chi connectivity index (χ3n) is 3.21. The van der Waals surface area contributed by atoms with E-state index in [4.69, 9.17) is 42.6 Å². The number of methoxy groups -OCH3 is 4. The van der Waals surface area contributed by atoms with E-state index in [0.29, 0.717) is 5.76 Å². The summed E-state index contributed by atoms with van der Waals surface area (Å²) in [5.74, 6) is 0.399. The van der Waals surface area contributed by atoms with E-state index >= 15 is 0 Å². The molecule has 1 aliphatic heterocycles. The molecule has 0 spiro atoms. The summed E-state index contributed by atoms with van der Waals surface area (Å²) in [6.07, 6.45) is -2.11. The lowest BCUT2D eigenvalue weighted by Crippen LogP contribution is -2.56. The predicted molar refractivity (Wildman–Crippen MR) is 82.1 cm³/mol. The zero-order valence-electron chi connectivity index (χ0n) is 14.7. The first kappa shape index (κ1) is 21.3. The highest BCUT2D eigenvalue weighted by Crippen LogP contribution is 2.30. The van der Waals surface area contributed by atoms with Gasteiger partial charge in [0.15, 0.2) is 6.10 Å². The molecular formula is C15H28O9. The third kappa shape index (κ3) is 6.61. The van der Waals surface area contributed by atoms with Crippen LogP contribution >= 0.6 is 0 Å². The van der Waals surface area contributed by atoms with Crippen LogP contribution in [0.25, 0.3) is 0 Å². The van der Waals surface area contributed by atoms with Crippen molar-refractivity contribution in [1.82, 2.24) is 0 Å². The average Bonchev–Trinajstić information content (AvgIpc) is 2.58. The average molecular weight is 352 g/mol. The van der Waals surface area contributed by atoms with Crippen molar-refractivity contribution >= 4 is 0 Å². The molecule has 0 radical (unpaired) electrons. The molecule has 0 N–H and O–H groups in total. The highest BCUT2D eigenvalue weighted by molar-refractivity contribution is 5.07. The molecule has 0 aromatic rings. The highest BCUT2D eigenvalue weighted by Gasteiger charge is 2.46. The van der Waals surface area contributed by atoms with Gasteiger partial charge in [0.1, 0.15) is 51.2 Å². The molecule has 0 bridgehead atoms. The molecule has 4 atom stereocenters. The highest BCUT2D eigenvalue weighted by atomic mass is 16.7. The largest absolute Gasteiger partial charge is 0.487 e. The second-order valence-electron chi connectivity index (χ2n) is 4.97. The second-order valence-corrected chi connectivity index (χ2v) is 4.97. The van der Waals surface area contributed by atoms with E-state index in [-0.39, 0.29) is 33.8 Å². The number of hydrogen-bond donors (Lipinski definition) is 0. The van der Waals surface area contributed by atoms with E-state index in [1.54, 1.807) is 7.11 Å². The second kappa shape index (κ2) is 12.6. The first-order valence-electron chi connectivity index (χ1n) is 7.43. The Morgan fingerprint density at radius 2 is 1.33 bits per heavy atom. The van der Waals surface area contributed by atoms with Crippen LogP contribution in [-0.2, 0) is 42.6 Å². The van der Waals surface area contributed by atoms with Crippen molar-refractivity contribution in [2.45, 2.75) is 24.4 Å². The van der Waals surface area contributed by atoms with Crippen molar-refractivity contribution in [1.29, 1.82) is 0 Å². The summed E-state index contributed by atoms with van der Waals surface area (Å²) in [5, 5.41) is 0. The Morgan fingerprint density at radius 3 is 1.92 bits per heavy atom. The smallest absolute Gasteiger partial charge is 0.150 e. The van der Waals surface area contributed by atoms with Crippen molar-refractivity contribution in [2.24, 2.45) is 0 Å². The fraction of sp³-hybridized carbons (Fsp3) is 0.867. The molecule has 1 heterocycles. The molecular weight excluding hydrogens is 324 g/mol. The monoisotopic (exact) mass is 352 g/mol. The number of ether oxygens (including phenoxy) is 9. The first-order chi connectivity index (χ1) is 11.7. The summed E-state index contributed by atoms with van der Waals surface area (Å²) < 4.78 is 48.1. The molecule has 9 heteroatoms. The minimum Gasteiger partial charge on any atom is -0.487 e. The van der Waals surface area contributed by atoms with Crippen molar-refractivity contribution in [3.63, 3.8) is 0 Å². The summed E-state index contributed by atoms with van der Waals surface area (Å²) in [4.78, 5) is 0. The Hall–Kier alpha value is -0.780. The van der Waals surface area contributed by atoms with Gasteiger partial charge in [-0.05, 0) is 0 Å². The zero-order valence-corrected chi connectivity index (χ0v) is 14.7. The van der Waals surface area contributed by atoms with Gasteiger partial charge in [0, 0.05) is 28.4 Å². The minimum absolute atomic E-state index is 0.0573. The zero-order chi connectivity index (χ0) is 17.8. The van der Waals surface area contributed by atoms with Gasteiger partial charge in [-0.15, -0.1) is 0 Å². The van der Waals surface area contributed by atoms with Crippen LogP contribution in [-0.4, -0.2) is 86.6 Å². The maximum absolute atomic E-state index is 5.81. The molecule has 24 heavy (non-hydrogen) atoms. The molecule has 2 unspecified atom stereocenters. The van der Waals surface area contributed by atoms with Gasteiger partial charge < -0.3 is 42.6 Å². The van der Waals surface area contributed by atoms with Gasteiger partial charge in [0.2, 0.25) is 0 Å². The number of rotatable bonds is 13. The lowest BCUT2D eigenvalue weighted by molar-refractivity contribution is -0.258. The maximum atomic E-state index is 5.81. The van der Waals surface area contributed by atoms with E-state index in [9.17, 15) is 0 Å². The van der Waals surface area contributed by atoms with Crippen LogP contribution < -0.4 is 0 Å². The maximum Gasteiger partial charge on any atom is 0.150 e. The van der Waals surface area contributed by atoms with Crippen LogP contribution in [0.3, 0.4) is 0 Å². The Bertz CT molecular complexity index is 339. The summed E-state index contributed by atoms with van der Waals surface area (Å²) in [7, 11) is 6.13. The van der Waals surface area contributed by atoms with Crippen LogP contribution in [0.4, 0.5) is 0 Å². The lowest BCUT2D eigenvalue weighted by Gasteiger charge is -2.42. The summed E-state index contributed by atoms with van der Waals surface area (Å²) in [6.45, 7) is 4.44. The molecule has 0 amide bonds. The standard InChI is InChI=1S/C15H28O9/c1-11-13(21-8-17-3)15(23-10-19-5)14(22-9-18-4)12(24-11)6-20-7-16-2/h12-15H,1,6-10H2,2-5H3/t12?,13?,14-,15+/m1/s1. The van der Waals surface area contributed by atoms with Crippen molar-refractivity contribution < 1.29 is 42.6 Å². The fourth-order valence-corrected chi connectivity index (χ4v) is 2.28. The van der Waals surface area contributed by atoms with Crippen LogP contribution in [0.2, 0.25) is 0 Å². The Labute approximate surface area is 142 Å². The van der Waals surface area contributed by atoms with Crippen molar-refractivity contribution in [3.05, 3.63) is 12.3 Å². The Morgan fingerprint density at radius 1 is 0.792 bits per heavy atom. The van der Waals surface area contributed by atoms with Crippen molar-refractivity contribution in [3.8, 4) is 0 Å². The molecule has 0 aromatic carbocycles. The van der Waals surface area contributed by atoms with Gasteiger partial charge >= 0.3 is 0 Å². The topological polar surface area (TPSA) is 83.1 Å². The van der Waals surface area contributed by atoms with Crippen molar-refractivity contribution in [2.75, 3.05) is 62.2 Å². The molecule has 1 aliphatic rings. The first-order valence-corrected chi connectivity index (χ1v) is 7.43. The van der Waals surface area contributed by atoms with Gasteiger partial charge in [-0.2, -0.15) is 0 Å². The molecule has 9 nitrogen and oxygen atoms in total.